The zero-order valence-corrected chi connectivity index (χ0v) is 18.6. The molecule has 0 unspecified atom stereocenters. The van der Waals surface area contributed by atoms with Crippen LogP contribution >= 0.6 is 11.3 Å². The van der Waals surface area contributed by atoms with E-state index in [1.807, 2.05) is 26.1 Å². The summed E-state index contributed by atoms with van der Waals surface area (Å²) in [6.07, 6.45) is 2.01. The van der Waals surface area contributed by atoms with Gasteiger partial charge in [0.2, 0.25) is 0 Å². The van der Waals surface area contributed by atoms with Crippen LogP contribution in [0.2, 0.25) is 0 Å². The average Bonchev–Trinajstić information content (AvgIpc) is 3.20. The molecule has 31 heavy (non-hydrogen) atoms. The van der Waals surface area contributed by atoms with Crippen LogP contribution in [0.25, 0.3) is 21.0 Å². The van der Waals surface area contributed by atoms with Crippen molar-refractivity contribution < 1.29 is 14.6 Å². The Morgan fingerprint density at radius 2 is 1.94 bits per heavy atom. The van der Waals surface area contributed by atoms with Crippen LogP contribution in [0.1, 0.15) is 25.0 Å². The van der Waals surface area contributed by atoms with E-state index in [0.717, 1.165) is 38.9 Å². The lowest BCUT2D eigenvalue weighted by Crippen LogP contribution is -2.49. The Morgan fingerprint density at radius 1 is 1.23 bits per heavy atom. The molecule has 1 aliphatic rings. The topological polar surface area (TPSA) is 88.7 Å². The van der Waals surface area contributed by atoms with E-state index in [9.17, 15) is 4.79 Å². The minimum atomic E-state index is -0.702. The highest BCUT2D eigenvalue weighted by molar-refractivity contribution is 7.18. The van der Waals surface area contributed by atoms with Gasteiger partial charge in [0.15, 0.2) is 0 Å². The molecule has 3 aromatic rings. The van der Waals surface area contributed by atoms with Crippen molar-refractivity contribution in [3.8, 4) is 26.8 Å². The fraction of sp³-hybridized carbons (Fsp3) is 0.333. The third-order valence-electron chi connectivity index (χ3n) is 5.35. The van der Waals surface area contributed by atoms with Crippen molar-refractivity contribution in [2.75, 3.05) is 13.1 Å². The lowest BCUT2D eigenvalue weighted by Gasteiger charge is -2.36. The average molecular weight is 438 g/mol. The number of carboxylic acid groups (broad SMARTS) is 1. The molecule has 0 spiro atoms. The minimum absolute atomic E-state index is 0.105. The molecule has 0 atom stereocenters. The fourth-order valence-corrected chi connectivity index (χ4v) is 4.59. The molecule has 1 aromatic heterocycles. The number of nitrogens with two attached hydrogens (primary N) is 1. The number of hydrogen-bond donors (Lipinski definition) is 2. The molecule has 0 amide bonds. The Balaban J connectivity index is 1.44. The normalized spacial score (nSPS) is 14.6. The Bertz CT molecular complexity index is 1060. The van der Waals surface area contributed by atoms with Crippen LogP contribution < -0.4 is 10.5 Å². The zero-order chi connectivity index (χ0) is 22.0. The number of rotatable bonds is 8. The summed E-state index contributed by atoms with van der Waals surface area (Å²) in [5.74, 6) is -0.0934. The Hall–Kier alpha value is -2.74. The molecule has 0 radical (unpaired) electrons. The first-order valence-corrected chi connectivity index (χ1v) is 11.2. The van der Waals surface area contributed by atoms with Crippen LogP contribution in [-0.4, -0.2) is 40.2 Å². The third kappa shape index (κ3) is 4.95. The standard InChI is InChI=1S/C24H27N3O3S/c1-15(2)30-21-8-7-18(9-19(21)10-25)22-11-26-23(31-22)17-5-3-16(4-6-17)12-27-13-20(14-27)24(28)29/h3-9,11,15,20H,10,12-14,25H2,1-2H3,(H,28,29). The first-order valence-electron chi connectivity index (χ1n) is 10.4. The second kappa shape index (κ2) is 9.18. The van der Waals surface area contributed by atoms with E-state index in [-0.39, 0.29) is 12.0 Å². The van der Waals surface area contributed by atoms with Gasteiger partial charge >= 0.3 is 5.97 Å². The van der Waals surface area contributed by atoms with Crippen molar-refractivity contribution in [3.05, 3.63) is 59.8 Å². The lowest BCUT2D eigenvalue weighted by molar-refractivity contribution is -0.147. The van der Waals surface area contributed by atoms with Gasteiger partial charge in [0.05, 0.1) is 16.9 Å². The summed E-state index contributed by atoms with van der Waals surface area (Å²) in [7, 11) is 0. The number of aliphatic carboxylic acids is 1. The predicted octanol–water partition coefficient (Wildman–Crippen LogP) is 4.24. The second-order valence-electron chi connectivity index (χ2n) is 8.15. The Morgan fingerprint density at radius 3 is 2.58 bits per heavy atom. The van der Waals surface area contributed by atoms with Crippen LogP contribution in [-0.2, 0) is 17.9 Å². The van der Waals surface area contributed by atoms with Crippen LogP contribution in [0.15, 0.2) is 48.7 Å². The number of carbonyl (C=O) groups is 1. The van der Waals surface area contributed by atoms with Gasteiger partial charge in [-0.3, -0.25) is 9.69 Å². The van der Waals surface area contributed by atoms with Crippen LogP contribution in [0.4, 0.5) is 0 Å². The molecule has 1 aliphatic heterocycles. The quantitative estimate of drug-likeness (QED) is 0.548. The maximum absolute atomic E-state index is 10.9. The van der Waals surface area contributed by atoms with Gasteiger partial charge in [-0.05, 0) is 43.2 Å². The SMILES string of the molecule is CC(C)Oc1ccc(-c2cnc(-c3ccc(CN4CC(C(=O)O)C4)cc3)s2)cc1CN. The van der Waals surface area contributed by atoms with Gasteiger partial charge in [0.25, 0.3) is 0 Å². The Kier molecular flexibility index (Phi) is 6.36. The summed E-state index contributed by atoms with van der Waals surface area (Å²) in [5.41, 5.74) is 10.3. The van der Waals surface area contributed by atoms with Gasteiger partial charge in [0, 0.05) is 43.5 Å². The Labute approximate surface area is 186 Å². The monoisotopic (exact) mass is 437 g/mol. The van der Waals surface area contributed by atoms with Crippen molar-refractivity contribution in [1.82, 2.24) is 9.88 Å². The van der Waals surface area contributed by atoms with E-state index in [1.54, 1.807) is 11.3 Å². The molecule has 3 N–H and O–H groups in total. The maximum atomic E-state index is 10.9. The number of benzene rings is 2. The summed E-state index contributed by atoms with van der Waals surface area (Å²) in [5, 5.41) is 9.96. The van der Waals surface area contributed by atoms with Crippen LogP contribution in [0, 0.1) is 5.92 Å². The van der Waals surface area contributed by atoms with Crippen molar-refractivity contribution in [2.24, 2.45) is 11.7 Å². The van der Waals surface area contributed by atoms with Gasteiger partial charge in [0.1, 0.15) is 10.8 Å². The number of thiazole rings is 1. The highest BCUT2D eigenvalue weighted by Gasteiger charge is 2.32. The van der Waals surface area contributed by atoms with Gasteiger partial charge in [-0.15, -0.1) is 11.3 Å². The summed E-state index contributed by atoms with van der Waals surface area (Å²) in [4.78, 5) is 18.8. The summed E-state index contributed by atoms with van der Waals surface area (Å²) >= 11 is 1.65. The molecule has 162 valence electrons. The number of likely N-dealkylation sites (tertiary alicyclic amines) is 1. The largest absolute Gasteiger partial charge is 0.491 e. The van der Waals surface area contributed by atoms with E-state index in [1.165, 1.54) is 5.56 Å². The summed E-state index contributed by atoms with van der Waals surface area (Å²) in [6.45, 7) is 6.46. The van der Waals surface area contributed by atoms with Crippen LogP contribution in [0.5, 0.6) is 5.75 Å². The molecule has 0 saturated carbocycles. The highest BCUT2D eigenvalue weighted by atomic mass is 32.1. The molecule has 1 fully saturated rings. The molecular formula is C24H27N3O3S. The van der Waals surface area contributed by atoms with E-state index < -0.39 is 5.97 Å². The van der Waals surface area contributed by atoms with Gasteiger partial charge in [-0.2, -0.15) is 0 Å². The molecule has 7 heteroatoms. The maximum Gasteiger partial charge on any atom is 0.309 e. The number of ether oxygens (including phenoxy) is 1. The predicted molar refractivity (Wildman–Crippen MR) is 123 cm³/mol. The number of nitrogens with zero attached hydrogens (tertiary/aromatic N) is 2. The molecule has 6 nitrogen and oxygen atoms in total. The molecule has 1 saturated heterocycles. The van der Waals surface area contributed by atoms with Crippen LogP contribution in [0.3, 0.4) is 0 Å². The van der Waals surface area contributed by atoms with Crippen molar-refractivity contribution >= 4 is 17.3 Å². The lowest BCUT2D eigenvalue weighted by atomic mass is 9.99. The number of carboxylic acids is 1. The number of hydrogen-bond acceptors (Lipinski definition) is 6. The third-order valence-corrected chi connectivity index (χ3v) is 6.44. The van der Waals surface area contributed by atoms with Gasteiger partial charge in [-0.25, -0.2) is 4.98 Å². The molecule has 2 heterocycles. The van der Waals surface area contributed by atoms with Crippen molar-refractivity contribution in [2.45, 2.75) is 33.0 Å². The van der Waals surface area contributed by atoms with E-state index in [2.05, 4.69) is 46.3 Å². The van der Waals surface area contributed by atoms with E-state index in [0.29, 0.717) is 19.6 Å². The molecular weight excluding hydrogens is 410 g/mol. The minimum Gasteiger partial charge on any atom is -0.491 e. The van der Waals surface area contributed by atoms with Crippen molar-refractivity contribution in [1.29, 1.82) is 0 Å². The first kappa shape index (κ1) is 21.5. The summed E-state index contributed by atoms with van der Waals surface area (Å²) < 4.78 is 5.85. The van der Waals surface area contributed by atoms with E-state index in [4.69, 9.17) is 15.6 Å². The first-order chi connectivity index (χ1) is 14.9. The number of aromatic nitrogens is 1. The molecule has 0 bridgehead atoms. The molecule has 0 aliphatic carbocycles. The van der Waals surface area contributed by atoms with Crippen molar-refractivity contribution in [3.63, 3.8) is 0 Å². The summed E-state index contributed by atoms with van der Waals surface area (Å²) in [6, 6.07) is 14.5. The van der Waals surface area contributed by atoms with Gasteiger partial charge in [-0.1, -0.05) is 24.3 Å². The van der Waals surface area contributed by atoms with E-state index >= 15 is 0 Å². The zero-order valence-electron chi connectivity index (χ0n) is 17.7. The van der Waals surface area contributed by atoms with Gasteiger partial charge < -0.3 is 15.6 Å². The smallest absolute Gasteiger partial charge is 0.309 e. The second-order valence-corrected chi connectivity index (χ2v) is 9.18. The fourth-order valence-electron chi connectivity index (χ4n) is 3.67. The molecule has 2 aromatic carbocycles. The molecule has 4 rings (SSSR count). The highest BCUT2D eigenvalue weighted by Crippen LogP contribution is 2.34.